The molecule has 0 rings (SSSR count). The molecule has 104 valence electrons. The second-order valence-corrected chi connectivity index (χ2v) is 1.91. The van der Waals surface area contributed by atoms with Gasteiger partial charge in [0.05, 0.1) is 2.74 Å². The minimum absolute atomic E-state index is 1.61. The molecule has 1 N–H and O–H groups in total. The lowest BCUT2D eigenvalue weighted by molar-refractivity contribution is 0.282. The number of rotatable bonds is 14. The van der Waals surface area contributed by atoms with E-state index in [2.05, 4.69) is 0 Å². The minimum Gasteiger partial charge on any atom is -0.396 e. The van der Waals surface area contributed by atoms with Gasteiger partial charge >= 0.3 is 0 Å². The molecule has 0 aliphatic heterocycles. The summed E-state index contributed by atoms with van der Waals surface area (Å²) in [5.41, 5.74) is 0. The van der Waals surface area contributed by atoms with Crippen LogP contribution in [0.5, 0.6) is 0 Å². The van der Waals surface area contributed by atoms with Crippen LogP contribution in [-0.4, -0.2) is 11.7 Å². The Morgan fingerprint density at radius 1 is 0.647 bits per heavy atom. The van der Waals surface area contributed by atoms with E-state index in [0.717, 1.165) is 0 Å². The topological polar surface area (TPSA) is 20.2 Å². The van der Waals surface area contributed by atoms with E-state index < -0.39 is 103 Å². The molecule has 0 aliphatic carbocycles. The van der Waals surface area contributed by atoms with Gasteiger partial charge in [-0.2, -0.15) is 0 Å². The minimum atomic E-state index is -5.07. The van der Waals surface area contributed by atoms with Crippen LogP contribution in [0.2, 0.25) is 0 Å². The fraction of sp³-hybridized carbons (Fsp3) is 1.00. The van der Waals surface area contributed by atoms with Crippen LogP contribution in [0, 0.1) is 0 Å². The molecule has 1 heteroatoms. The molecule has 0 aromatic heterocycles. The Morgan fingerprint density at radius 3 is 1.35 bits per heavy atom. The highest BCUT2D eigenvalue weighted by Crippen LogP contribution is 2.12. The summed E-state index contributed by atoms with van der Waals surface area (Å²) in [6.45, 7) is -5.94. The third-order valence-corrected chi connectivity index (χ3v) is 0.894. The summed E-state index contributed by atoms with van der Waals surface area (Å²) in [5.74, 6) is 0. The summed E-state index contributed by atoms with van der Waals surface area (Å²) >= 11 is 0. The van der Waals surface area contributed by atoms with Crippen molar-refractivity contribution in [3.8, 4) is 0 Å². The summed E-state index contributed by atoms with van der Waals surface area (Å²) in [6.07, 6.45) is -66.3. The number of aliphatic hydroxyl groups is 1. The lowest BCUT2D eigenvalue weighted by Gasteiger charge is -2.02. The number of hydrogen-bond donors (Lipinski definition) is 1. The van der Waals surface area contributed by atoms with Crippen LogP contribution < -0.4 is 0 Å². The van der Waals surface area contributed by atoms with Crippen molar-refractivity contribution in [1.82, 2.24) is 0 Å². The maximum atomic E-state index is 9.47. The molecule has 0 amide bonds. The van der Waals surface area contributed by atoms with Crippen molar-refractivity contribution in [3.63, 3.8) is 0 Å². The van der Waals surface area contributed by atoms with Gasteiger partial charge in [-0.25, -0.2) is 0 Å². The van der Waals surface area contributed by atoms with Crippen LogP contribution in [0.15, 0.2) is 0 Å². The zero-order valence-corrected chi connectivity index (χ0v) is 8.65. The van der Waals surface area contributed by atoms with Crippen molar-refractivity contribution >= 4 is 0 Å². The van der Waals surface area contributed by atoms with Gasteiger partial charge in [-0.15, -0.1) is 0 Å². The van der Waals surface area contributed by atoms with Crippen molar-refractivity contribution in [2.75, 3.05) is 6.56 Å². The molecule has 0 saturated heterocycles. The Labute approximate surface area is 153 Å². The molecule has 0 aromatic carbocycles. The molecule has 17 heavy (non-hydrogen) atoms. The fourth-order valence-corrected chi connectivity index (χ4v) is 0.416. The standard InChI is InChI=1S/C16H34O/c1-2-3-4-5-6-7-8-9-10-11-12-13-14-15-16-17/h17H,2-16H2,1H3/i1D,2D2,3D2,4D2,5D2,6D2,7D2,8D2,9D2,10D2,11D2,12D2,13D2,14D2,15D2,16D2. The molecule has 0 atom stereocenters. The molecular weight excluding hydrogens is 208 g/mol. The van der Waals surface area contributed by atoms with E-state index in [-0.39, 0.29) is 0 Å². The van der Waals surface area contributed by atoms with E-state index in [1.807, 2.05) is 0 Å². The highest BCUT2D eigenvalue weighted by Gasteiger charge is 1.93. The van der Waals surface area contributed by atoms with Crippen molar-refractivity contribution in [3.05, 3.63) is 0 Å². The van der Waals surface area contributed by atoms with E-state index in [1.165, 1.54) is 0 Å². The average Bonchev–Trinajstić information content (AvgIpc) is 2.86. The molecule has 0 aliphatic rings. The molecule has 0 saturated carbocycles. The summed E-state index contributed by atoms with van der Waals surface area (Å²) < 4.78 is 244. The second kappa shape index (κ2) is 16.0. The monoisotopic (exact) mass is 273 g/mol. The van der Waals surface area contributed by atoms with Gasteiger partial charge in [-0.3, -0.25) is 0 Å². The van der Waals surface area contributed by atoms with Gasteiger partial charge < -0.3 is 5.11 Å². The third kappa shape index (κ3) is 16.0. The van der Waals surface area contributed by atoms with Crippen LogP contribution in [0.4, 0.5) is 0 Å². The average molecular weight is 274 g/mol. The van der Waals surface area contributed by atoms with Crippen molar-refractivity contribution < 1.29 is 47.6 Å². The van der Waals surface area contributed by atoms with Crippen molar-refractivity contribution in [1.29, 1.82) is 0 Å². The van der Waals surface area contributed by atoms with Gasteiger partial charge in [-0.1, -0.05) is 89.7 Å². The predicted molar refractivity (Wildman–Crippen MR) is 77.4 cm³/mol. The van der Waals surface area contributed by atoms with Gasteiger partial charge in [0.25, 0.3) is 0 Å². The Kier molecular flexibility index (Phi) is 1.84. The third-order valence-electron chi connectivity index (χ3n) is 0.894. The van der Waals surface area contributed by atoms with Gasteiger partial charge in [0.1, 0.15) is 0 Å². The molecule has 0 fully saturated rings. The quantitative estimate of drug-likeness (QED) is 0.445. The zero-order valence-electron chi connectivity index (χ0n) is 39.7. The highest BCUT2D eigenvalue weighted by atomic mass is 16.2. The van der Waals surface area contributed by atoms with E-state index in [1.54, 1.807) is 0 Å². The number of hydrogen-bond acceptors (Lipinski definition) is 1. The molecule has 0 radical (unpaired) electrons. The molecule has 0 unspecified atom stereocenters. The Bertz CT molecular complexity index is 1170. The molecule has 0 bridgehead atoms. The van der Waals surface area contributed by atoms with Crippen LogP contribution in [0.3, 0.4) is 0 Å². The second-order valence-electron chi connectivity index (χ2n) is 1.91. The van der Waals surface area contributed by atoms with Gasteiger partial charge in [-0.05, 0) is 6.37 Å². The first-order valence-corrected chi connectivity index (χ1v) is 4.08. The molecule has 1 nitrogen and oxygen atoms in total. The molecular formula is C16H34O. The molecule has 0 heterocycles. The van der Waals surface area contributed by atoms with E-state index >= 15 is 0 Å². The first kappa shape index (κ1) is 1.96. The normalized spacial score (nSPS) is 50.5. The Morgan fingerprint density at radius 2 is 1.00 bits per heavy atom. The zero-order chi connectivity index (χ0) is 40.2. The largest absolute Gasteiger partial charge is 0.396 e. The maximum absolute atomic E-state index is 9.47. The van der Waals surface area contributed by atoms with Gasteiger partial charge in [0.15, 0.2) is 0 Å². The molecule has 0 spiro atoms. The highest BCUT2D eigenvalue weighted by molar-refractivity contribution is 4.48. The van der Waals surface area contributed by atoms with Crippen molar-refractivity contribution in [2.24, 2.45) is 0 Å². The van der Waals surface area contributed by atoms with Gasteiger partial charge in [0.2, 0.25) is 0 Å². The fourth-order valence-electron chi connectivity index (χ4n) is 0.416. The lowest BCUT2D eigenvalue weighted by Crippen LogP contribution is -1.84. The molecule has 0 aromatic rings. The smallest absolute Gasteiger partial charge is 0.0564 e. The van der Waals surface area contributed by atoms with E-state index in [0.29, 0.717) is 0 Å². The first-order valence-electron chi connectivity index (χ1n) is 19.8. The Hall–Kier alpha value is -0.0400. The van der Waals surface area contributed by atoms with Crippen LogP contribution >= 0.6 is 0 Å². The Balaban J connectivity index is 7.63. The lowest BCUT2D eigenvalue weighted by atomic mass is 10.0. The van der Waals surface area contributed by atoms with Crippen molar-refractivity contribution in [2.45, 2.75) is 96.1 Å². The van der Waals surface area contributed by atoms with E-state index in [9.17, 15) is 5.11 Å². The maximum Gasteiger partial charge on any atom is 0.0564 e. The summed E-state index contributed by atoms with van der Waals surface area (Å²) in [4.78, 5) is 0. The summed E-state index contributed by atoms with van der Waals surface area (Å²) in [6, 6.07) is 0. The van der Waals surface area contributed by atoms with Gasteiger partial charge in [0, 0.05) is 46.3 Å². The first-order chi connectivity index (χ1) is 20.1. The summed E-state index contributed by atoms with van der Waals surface area (Å²) in [7, 11) is 0. The van der Waals surface area contributed by atoms with Crippen LogP contribution in [0.25, 0.3) is 0 Å². The van der Waals surface area contributed by atoms with Crippen LogP contribution in [-0.2, 0) is 0 Å². The predicted octanol–water partition coefficient (Wildman–Crippen LogP) is 5.46. The SMILES string of the molecule is [2H]CC([2H])([2H])C([2H])([2H])C([2H])([2H])C([2H])([2H])C([2H])([2H])C([2H])([2H])C([2H])([2H])C([2H])([2H])C([2H])([2H])C([2H])([2H])C([2H])([2H])C([2H])([2H])C([2H])([2H])C([2H])([2H])C([2H])([2H])O. The van der Waals surface area contributed by atoms with Crippen LogP contribution in [0.1, 0.15) is 139 Å². The van der Waals surface area contributed by atoms with E-state index in [4.69, 9.17) is 42.5 Å². The summed E-state index contributed by atoms with van der Waals surface area (Å²) in [5, 5.41) is 9.47.